The molecule has 0 fully saturated rings. The fourth-order valence-corrected chi connectivity index (χ4v) is 0.587. The summed E-state index contributed by atoms with van der Waals surface area (Å²) in [6.45, 7) is 0. The molecule has 0 rings (SSSR count). The molecule has 0 spiro atoms. The minimum absolute atomic E-state index is 0. The van der Waals surface area contributed by atoms with Crippen molar-refractivity contribution >= 4 is 30.4 Å². The van der Waals surface area contributed by atoms with Crippen LogP contribution in [0.15, 0.2) is 0 Å². The van der Waals surface area contributed by atoms with Crippen molar-refractivity contribution in [3.8, 4) is 0 Å². The van der Waals surface area contributed by atoms with Gasteiger partial charge in [0.25, 0.3) is 0 Å². The fourth-order valence-electron chi connectivity index (χ4n) is 0.0956. The molecule has 8 heavy (non-hydrogen) atoms. The molecule has 0 aliphatic carbocycles. The van der Waals surface area contributed by atoms with E-state index in [0.717, 1.165) is 0 Å². The third-order valence-corrected chi connectivity index (χ3v) is 0.773. The predicted molar refractivity (Wildman–Crippen MR) is 34.7 cm³/mol. The molecular weight excluding hydrogens is 162 g/mol. The van der Waals surface area contributed by atoms with Crippen LogP contribution in [0.5, 0.6) is 0 Å². The van der Waals surface area contributed by atoms with Crippen molar-refractivity contribution in [2.75, 3.05) is 5.75 Å². The largest absolute Gasteiger partial charge is 1.00 e. The maximum atomic E-state index is 9.86. The zero-order valence-electron chi connectivity index (χ0n) is 7.22. The van der Waals surface area contributed by atoms with E-state index >= 15 is 0 Å². The molecule has 0 atom stereocenters. The van der Waals surface area contributed by atoms with Gasteiger partial charge in [0.2, 0.25) is 0 Å². The molecule has 0 saturated carbocycles. The summed E-state index contributed by atoms with van der Waals surface area (Å²) in [6.07, 6.45) is 0.465. The second-order valence-corrected chi connectivity index (χ2v) is 1.81. The standard InChI is InChI=1S/C3H6OS2.2Na.2H/c4-3(6)1-2-5;;;;/h5H,1-2H2,(H,4,6);;;;/q;2*+1;2*-1. The fraction of sp³-hybridized carbons (Fsp3) is 0.667. The van der Waals surface area contributed by atoms with Crippen LogP contribution in [0, 0.1) is 0 Å². The van der Waals surface area contributed by atoms with Crippen molar-refractivity contribution in [1.29, 1.82) is 0 Å². The van der Waals surface area contributed by atoms with Gasteiger partial charge in [-0.25, -0.2) is 0 Å². The van der Waals surface area contributed by atoms with Gasteiger partial charge in [-0.3, -0.25) is 4.79 Å². The molecule has 1 nitrogen and oxygen atoms in total. The van der Waals surface area contributed by atoms with Crippen molar-refractivity contribution < 1.29 is 66.8 Å². The second-order valence-electron chi connectivity index (χ2n) is 0.867. The SMILES string of the molecule is O=C(S)CCS.[H-].[H-].[Na+].[Na+]. The zero-order valence-corrected chi connectivity index (χ0v) is 11.0. The minimum Gasteiger partial charge on any atom is -1.00 e. The smallest absolute Gasteiger partial charge is 1.00 e. The molecule has 0 radical (unpaired) electrons. The average molecular weight is 170 g/mol. The molecule has 0 bridgehead atoms. The van der Waals surface area contributed by atoms with E-state index in [-0.39, 0.29) is 67.1 Å². The Morgan fingerprint density at radius 2 is 1.88 bits per heavy atom. The molecule has 0 aliphatic heterocycles. The van der Waals surface area contributed by atoms with Gasteiger partial charge in [0, 0.05) is 6.42 Å². The van der Waals surface area contributed by atoms with Crippen molar-refractivity contribution in [1.82, 2.24) is 0 Å². The Bertz CT molecular complexity index is 66.5. The molecule has 0 aromatic carbocycles. The van der Waals surface area contributed by atoms with Crippen molar-refractivity contribution in [3.63, 3.8) is 0 Å². The number of hydrogen-bond acceptors (Lipinski definition) is 2. The van der Waals surface area contributed by atoms with Gasteiger partial charge in [0.15, 0.2) is 5.12 Å². The number of rotatable bonds is 2. The first kappa shape index (κ1) is 16.8. The maximum Gasteiger partial charge on any atom is 1.00 e. The summed E-state index contributed by atoms with van der Waals surface area (Å²) in [5.74, 6) is 0.600. The number of carbonyl (C=O) groups excluding carboxylic acids is 1. The normalized spacial score (nSPS) is 6.25. The van der Waals surface area contributed by atoms with Gasteiger partial charge >= 0.3 is 59.1 Å². The quantitative estimate of drug-likeness (QED) is 0.313. The van der Waals surface area contributed by atoms with Gasteiger partial charge < -0.3 is 2.85 Å². The van der Waals surface area contributed by atoms with Gasteiger partial charge in [-0.2, -0.15) is 12.6 Å². The van der Waals surface area contributed by atoms with Crippen molar-refractivity contribution in [3.05, 3.63) is 0 Å². The van der Waals surface area contributed by atoms with Crippen molar-refractivity contribution in [2.45, 2.75) is 6.42 Å². The minimum atomic E-state index is -0.0926. The van der Waals surface area contributed by atoms with Crippen LogP contribution in [0.3, 0.4) is 0 Å². The third kappa shape index (κ3) is 15.8. The summed E-state index contributed by atoms with van der Waals surface area (Å²) in [7, 11) is 0. The van der Waals surface area contributed by atoms with Crippen LogP contribution in [-0.2, 0) is 4.79 Å². The van der Waals surface area contributed by atoms with E-state index in [1.165, 1.54) is 0 Å². The molecule has 40 valence electrons. The van der Waals surface area contributed by atoms with Gasteiger partial charge in [-0.1, -0.05) is 0 Å². The topological polar surface area (TPSA) is 17.1 Å². The van der Waals surface area contributed by atoms with E-state index in [9.17, 15) is 4.79 Å². The molecule has 0 unspecified atom stereocenters. The second kappa shape index (κ2) is 12.1. The maximum absolute atomic E-state index is 9.86. The molecule has 0 aromatic heterocycles. The third-order valence-electron chi connectivity index (χ3n) is 0.326. The Kier molecular flexibility index (Phi) is 25.3. The first-order chi connectivity index (χ1) is 2.77. The molecule has 0 saturated heterocycles. The molecule has 0 amide bonds. The molecule has 0 aromatic rings. The van der Waals surface area contributed by atoms with Gasteiger partial charge in [-0.15, -0.1) is 12.6 Å². The van der Waals surface area contributed by atoms with Crippen LogP contribution in [0.1, 0.15) is 9.27 Å². The van der Waals surface area contributed by atoms with Crippen LogP contribution in [0.4, 0.5) is 0 Å². The van der Waals surface area contributed by atoms with Crippen LogP contribution < -0.4 is 59.1 Å². The van der Waals surface area contributed by atoms with Gasteiger partial charge in [0.1, 0.15) is 0 Å². The summed E-state index contributed by atoms with van der Waals surface area (Å²) in [4.78, 5) is 9.86. The number of thiol groups is 2. The molecule has 0 heterocycles. The number of hydrogen-bond donors (Lipinski definition) is 2. The molecule has 0 N–H and O–H groups in total. The summed E-state index contributed by atoms with van der Waals surface area (Å²) >= 11 is 7.28. The number of carbonyl (C=O) groups is 1. The van der Waals surface area contributed by atoms with Crippen molar-refractivity contribution in [2.24, 2.45) is 0 Å². The first-order valence-corrected chi connectivity index (χ1v) is 2.68. The first-order valence-electron chi connectivity index (χ1n) is 1.60. The van der Waals surface area contributed by atoms with Crippen LogP contribution in [0.2, 0.25) is 0 Å². The van der Waals surface area contributed by atoms with E-state index < -0.39 is 0 Å². The Morgan fingerprint density at radius 3 is 1.88 bits per heavy atom. The predicted octanol–water partition coefficient (Wildman–Crippen LogP) is -5.00. The Balaban J connectivity index is -0.0000000208. The van der Waals surface area contributed by atoms with E-state index in [1.54, 1.807) is 0 Å². The van der Waals surface area contributed by atoms with E-state index in [2.05, 4.69) is 25.3 Å². The monoisotopic (exact) mass is 170 g/mol. The summed E-state index contributed by atoms with van der Waals surface area (Å²) in [6, 6.07) is 0. The van der Waals surface area contributed by atoms with E-state index in [0.29, 0.717) is 12.2 Å². The summed E-state index contributed by atoms with van der Waals surface area (Å²) < 4.78 is 0. The zero-order chi connectivity index (χ0) is 4.99. The van der Waals surface area contributed by atoms with Crippen LogP contribution in [0.25, 0.3) is 0 Å². The van der Waals surface area contributed by atoms with Crippen LogP contribution >= 0.6 is 25.3 Å². The van der Waals surface area contributed by atoms with Crippen LogP contribution in [-0.4, -0.2) is 10.9 Å². The van der Waals surface area contributed by atoms with Gasteiger partial charge in [0.05, 0.1) is 0 Å². The van der Waals surface area contributed by atoms with Gasteiger partial charge in [-0.05, 0) is 5.75 Å². The molecule has 0 aliphatic rings. The molecule has 5 heteroatoms. The van der Waals surface area contributed by atoms with E-state index in [1.807, 2.05) is 0 Å². The van der Waals surface area contributed by atoms with E-state index in [4.69, 9.17) is 0 Å². The average Bonchev–Trinajstić information content (AvgIpc) is 1.35. The Labute approximate surface area is 108 Å². The Morgan fingerprint density at radius 1 is 1.50 bits per heavy atom. The molecular formula is C3H8Na2OS2. The summed E-state index contributed by atoms with van der Waals surface area (Å²) in [5, 5.41) is -0.0926. The summed E-state index contributed by atoms with van der Waals surface area (Å²) in [5.41, 5.74) is 0. The Hall–Kier alpha value is 2.37.